The van der Waals surface area contributed by atoms with Crippen LogP contribution in [0, 0.1) is 5.41 Å². The summed E-state index contributed by atoms with van der Waals surface area (Å²) in [6.45, 7) is 13.2. The highest BCUT2D eigenvalue weighted by Gasteiger charge is 2.26. The Morgan fingerprint density at radius 3 is 2.37 bits per heavy atom. The number of rotatable bonds is 8. The van der Waals surface area contributed by atoms with Crippen molar-refractivity contribution in [1.29, 1.82) is 0 Å². The lowest BCUT2D eigenvalue weighted by Gasteiger charge is -2.32. The van der Waals surface area contributed by atoms with Crippen LogP contribution in [0.5, 0.6) is 0 Å². The van der Waals surface area contributed by atoms with Crippen LogP contribution in [0.4, 0.5) is 0 Å². The van der Waals surface area contributed by atoms with Gasteiger partial charge in [0, 0.05) is 6.21 Å². The molecule has 0 amide bonds. The van der Waals surface area contributed by atoms with Gasteiger partial charge in [0.15, 0.2) is 0 Å². The first-order valence-corrected chi connectivity index (χ1v) is 10.2. The van der Waals surface area contributed by atoms with Crippen molar-refractivity contribution >= 4 is 6.21 Å². The summed E-state index contributed by atoms with van der Waals surface area (Å²) in [6.07, 6.45) is 18.9. The second-order valence-corrected chi connectivity index (χ2v) is 9.51. The highest BCUT2D eigenvalue weighted by Crippen LogP contribution is 2.40. The van der Waals surface area contributed by atoms with Gasteiger partial charge in [-0.05, 0) is 62.7 Å². The van der Waals surface area contributed by atoms with Gasteiger partial charge in [0.1, 0.15) is 0 Å². The molecule has 1 aliphatic rings. The van der Waals surface area contributed by atoms with Gasteiger partial charge in [0.25, 0.3) is 0 Å². The van der Waals surface area contributed by atoms with Crippen molar-refractivity contribution < 1.29 is 4.48 Å². The lowest BCUT2D eigenvalue weighted by molar-refractivity contribution is -0.868. The third kappa shape index (κ3) is 9.72. The van der Waals surface area contributed by atoms with E-state index in [0.29, 0.717) is 5.41 Å². The molecule has 0 bridgehead atoms. The van der Waals surface area contributed by atoms with Crippen molar-refractivity contribution in [3.8, 4) is 0 Å². The van der Waals surface area contributed by atoms with E-state index in [1.807, 2.05) is 6.21 Å². The minimum Gasteiger partial charge on any atom is -0.329 e. The van der Waals surface area contributed by atoms with Crippen molar-refractivity contribution in [3.63, 3.8) is 0 Å². The summed E-state index contributed by atoms with van der Waals surface area (Å²) in [5.41, 5.74) is 5.86. The first kappa shape index (κ1) is 23.4. The molecule has 150 valence electrons. The Hall–Kier alpha value is -1.67. The fraction of sp³-hybridized carbons (Fsp3) is 0.560. The fourth-order valence-electron chi connectivity index (χ4n) is 3.29. The molecule has 0 unspecified atom stereocenters. The number of allylic oxidation sites excluding steroid dienone is 10. The first-order valence-electron chi connectivity index (χ1n) is 10.2. The van der Waals surface area contributed by atoms with Gasteiger partial charge >= 0.3 is 0 Å². The molecule has 0 saturated heterocycles. The summed E-state index contributed by atoms with van der Waals surface area (Å²) in [7, 11) is 6.57. The van der Waals surface area contributed by atoms with Gasteiger partial charge in [-0.3, -0.25) is 4.99 Å². The van der Waals surface area contributed by atoms with E-state index in [2.05, 4.69) is 97.2 Å². The number of hydrogen-bond donors (Lipinski definition) is 0. The molecule has 0 atom stereocenters. The Morgan fingerprint density at radius 1 is 1.07 bits per heavy atom. The molecular formula is C25H41N2+. The molecular weight excluding hydrogens is 328 g/mol. The zero-order valence-corrected chi connectivity index (χ0v) is 19.0. The maximum Gasteiger partial charge on any atom is 0.0979 e. The summed E-state index contributed by atoms with van der Waals surface area (Å²) < 4.78 is 0.950. The molecule has 0 N–H and O–H groups in total. The van der Waals surface area contributed by atoms with Gasteiger partial charge in [0.05, 0.1) is 34.2 Å². The predicted octanol–water partition coefficient (Wildman–Crippen LogP) is 6.30. The van der Waals surface area contributed by atoms with Gasteiger partial charge in [-0.2, -0.15) is 0 Å². The summed E-state index contributed by atoms with van der Waals surface area (Å²) in [4.78, 5) is 4.46. The largest absolute Gasteiger partial charge is 0.329 e. The minimum absolute atomic E-state index is 0.305. The second kappa shape index (κ2) is 10.6. The van der Waals surface area contributed by atoms with Crippen LogP contribution in [-0.4, -0.2) is 44.9 Å². The Bertz CT molecular complexity index is 659. The lowest BCUT2D eigenvalue weighted by Crippen LogP contribution is -2.36. The van der Waals surface area contributed by atoms with Crippen LogP contribution in [0.25, 0.3) is 0 Å². The van der Waals surface area contributed by atoms with E-state index in [9.17, 15) is 0 Å². The SMILES string of the molecule is CC1=C(/C=C/C(C)=C/C=C/C(C)=C/C=NCC[N+](C)(C)C)C(C)(C)CCC1. The Kier molecular flexibility index (Phi) is 9.18. The molecule has 1 aliphatic carbocycles. The highest BCUT2D eigenvalue weighted by molar-refractivity contribution is 5.72. The zero-order chi connectivity index (χ0) is 20.5. The van der Waals surface area contributed by atoms with E-state index < -0.39 is 0 Å². The van der Waals surface area contributed by atoms with Crippen LogP contribution in [-0.2, 0) is 0 Å². The maximum absolute atomic E-state index is 4.46. The molecule has 0 heterocycles. The van der Waals surface area contributed by atoms with E-state index in [0.717, 1.165) is 17.6 Å². The Labute approximate surface area is 168 Å². The normalized spacial score (nSPS) is 19.9. The molecule has 0 spiro atoms. The predicted molar refractivity (Wildman–Crippen MR) is 122 cm³/mol. The molecule has 2 nitrogen and oxygen atoms in total. The number of hydrogen-bond acceptors (Lipinski definition) is 1. The molecule has 0 saturated carbocycles. The quantitative estimate of drug-likeness (QED) is 0.271. The molecule has 0 aromatic carbocycles. The molecule has 2 heteroatoms. The third-order valence-corrected chi connectivity index (χ3v) is 5.12. The number of nitrogens with zero attached hydrogens (tertiary/aromatic N) is 2. The van der Waals surface area contributed by atoms with E-state index >= 15 is 0 Å². The fourth-order valence-corrected chi connectivity index (χ4v) is 3.29. The van der Waals surface area contributed by atoms with Gasteiger partial charge in [0.2, 0.25) is 0 Å². The van der Waals surface area contributed by atoms with E-state index in [1.165, 1.54) is 36.0 Å². The van der Waals surface area contributed by atoms with Crippen LogP contribution in [0.2, 0.25) is 0 Å². The van der Waals surface area contributed by atoms with E-state index in [4.69, 9.17) is 0 Å². The van der Waals surface area contributed by atoms with Crippen molar-refractivity contribution in [2.75, 3.05) is 34.2 Å². The molecule has 0 aromatic rings. The molecule has 0 aliphatic heterocycles. The average molecular weight is 370 g/mol. The van der Waals surface area contributed by atoms with Gasteiger partial charge < -0.3 is 4.48 Å². The zero-order valence-electron chi connectivity index (χ0n) is 19.0. The van der Waals surface area contributed by atoms with Crippen LogP contribution >= 0.6 is 0 Å². The summed E-state index contributed by atoms with van der Waals surface area (Å²) in [5.74, 6) is 0. The Morgan fingerprint density at radius 2 is 1.74 bits per heavy atom. The summed E-state index contributed by atoms with van der Waals surface area (Å²) in [6, 6.07) is 0. The van der Waals surface area contributed by atoms with Crippen molar-refractivity contribution in [2.24, 2.45) is 10.4 Å². The third-order valence-electron chi connectivity index (χ3n) is 5.12. The lowest BCUT2D eigenvalue weighted by atomic mass is 9.72. The Balaban J connectivity index is 2.60. The standard InChI is InChI=1S/C25H41N2/c1-21(14-15-24-23(3)13-10-17-25(24,4)5)11-9-12-22(2)16-18-26-19-20-27(6,7)8/h9,11-12,14-16,18H,10,13,17,19-20H2,1-8H3/q+1/b12-9+,15-14+,21-11+,22-16+,26-18?. The van der Waals surface area contributed by atoms with Crippen LogP contribution in [0.1, 0.15) is 53.9 Å². The smallest absolute Gasteiger partial charge is 0.0979 e. The monoisotopic (exact) mass is 369 g/mol. The molecule has 1 rings (SSSR count). The van der Waals surface area contributed by atoms with Crippen LogP contribution < -0.4 is 0 Å². The highest BCUT2D eigenvalue weighted by atomic mass is 15.3. The topological polar surface area (TPSA) is 12.4 Å². The van der Waals surface area contributed by atoms with Crippen molar-refractivity contribution in [3.05, 3.63) is 58.7 Å². The molecule has 0 fully saturated rings. The summed E-state index contributed by atoms with van der Waals surface area (Å²) >= 11 is 0. The minimum atomic E-state index is 0.305. The number of likely N-dealkylation sites (N-methyl/N-ethyl adjacent to an activating group) is 1. The van der Waals surface area contributed by atoms with Crippen molar-refractivity contribution in [1.82, 2.24) is 0 Å². The van der Waals surface area contributed by atoms with Crippen molar-refractivity contribution in [2.45, 2.75) is 53.9 Å². The van der Waals surface area contributed by atoms with Crippen LogP contribution in [0.15, 0.2) is 63.7 Å². The summed E-state index contributed by atoms with van der Waals surface area (Å²) in [5, 5.41) is 0. The van der Waals surface area contributed by atoms with E-state index in [1.54, 1.807) is 5.57 Å². The van der Waals surface area contributed by atoms with Gasteiger partial charge in [-0.1, -0.05) is 55.4 Å². The average Bonchev–Trinajstić information content (AvgIpc) is 2.52. The van der Waals surface area contributed by atoms with Crippen LogP contribution in [0.3, 0.4) is 0 Å². The molecule has 0 radical (unpaired) electrons. The molecule has 0 aromatic heterocycles. The molecule has 27 heavy (non-hydrogen) atoms. The number of aliphatic imine (C=N–C) groups is 1. The van der Waals surface area contributed by atoms with Gasteiger partial charge in [-0.25, -0.2) is 0 Å². The number of quaternary nitrogens is 1. The van der Waals surface area contributed by atoms with E-state index in [-0.39, 0.29) is 0 Å². The first-order chi connectivity index (χ1) is 12.5. The van der Waals surface area contributed by atoms with Gasteiger partial charge in [-0.15, -0.1) is 0 Å². The maximum atomic E-state index is 4.46. The second-order valence-electron chi connectivity index (χ2n) is 9.51.